The lowest BCUT2D eigenvalue weighted by Gasteiger charge is -2.48. The molecule has 1 spiro atoms. The van der Waals surface area contributed by atoms with Crippen LogP contribution < -0.4 is 5.73 Å². The topological polar surface area (TPSA) is 47.7 Å². The Balaban J connectivity index is 1.64. The van der Waals surface area contributed by atoms with Crippen LogP contribution in [0, 0.1) is 5.41 Å². The van der Waals surface area contributed by atoms with E-state index in [0.717, 1.165) is 32.5 Å². The van der Waals surface area contributed by atoms with Crippen molar-refractivity contribution in [2.24, 2.45) is 11.1 Å². The molecule has 0 radical (unpaired) electrons. The van der Waals surface area contributed by atoms with Crippen LogP contribution >= 0.6 is 0 Å². The standard InChI is InChI=1S/C17H32N2O2/c1-16(2)7-4-13(5-8-16)19(3)15-12-17(9-6-14(15)18)20-10-11-21-17/h13-15H,4-12,18H2,1-3H3. The molecule has 122 valence electrons. The van der Waals surface area contributed by atoms with Crippen LogP contribution in [0.25, 0.3) is 0 Å². The highest BCUT2D eigenvalue weighted by atomic mass is 16.7. The molecule has 2 unspecified atom stereocenters. The van der Waals surface area contributed by atoms with Gasteiger partial charge in [0.05, 0.1) is 13.2 Å². The predicted octanol–water partition coefficient (Wildman–Crippen LogP) is 2.51. The summed E-state index contributed by atoms with van der Waals surface area (Å²) in [6.45, 7) is 6.27. The Morgan fingerprint density at radius 1 is 1.00 bits per heavy atom. The zero-order valence-electron chi connectivity index (χ0n) is 13.9. The van der Waals surface area contributed by atoms with E-state index < -0.39 is 0 Å². The zero-order chi connectivity index (χ0) is 15.1. The van der Waals surface area contributed by atoms with Gasteiger partial charge in [-0.25, -0.2) is 0 Å². The molecule has 2 aliphatic carbocycles. The molecular weight excluding hydrogens is 264 g/mol. The smallest absolute Gasteiger partial charge is 0.170 e. The molecule has 4 nitrogen and oxygen atoms in total. The maximum absolute atomic E-state index is 6.44. The fraction of sp³-hybridized carbons (Fsp3) is 1.00. The molecule has 21 heavy (non-hydrogen) atoms. The molecule has 2 N–H and O–H groups in total. The summed E-state index contributed by atoms with van der Waals surface area (Å²) < 4.78 is 11.9. The Morgan fingerprint density at radius 2 is 1.62 bits per heavy atom. The van der Waals surface area contributed by atoms with Crippen molar-refractivity contribution in [3.05, 3.63) is 0 Å². The summed E-state index contributed by atoms with van der Waals surface area (Å²) in [5.74, 6) is -0.331. The van der Waals surface area contributed by atoms with Crippen molar-refractivity contribution in [3.8, 4) is 0 Å². The number of hydrogen-bond donors (Lipinski definition) is 1. The van der Waals surface area contributed by atoms with Crippen LogP contribution in [0.3, 0.4) is 0 Å². The minimum atomic E-state index is -0.331. The van der Waals surface area contributed by atoms with Gasteiger partial charge in [0.25, 0.3) is 0 Å². The van der Waals surface area contributed by atoms with Crippen molar-refractivity contribution in [2.45, 2.75) is 82.7 Å². The van der Waals surface area contributed by atoms with Gasteiger partial charge in [-0.15, -0.1) is 0 Å². The van der Waals surface area contributed by atoms with Crippen molar-refractivity contribution >= 4 is 0 Å². The van der Waals surface area contributed by atoms with Crippen LogP contribution in [0.1, 0.15) is 58.8 Å². The summed E-state index contributed by atoms with van der Waals surface area (Å²) in [7, 11) is 2.27. The minimum absolute atomic E-state index is 0.253. The lowest BCUT2D eigenvalue weighted by Crippen LogP contribution is -2.58. The third-order valence-corrected chi connectivity index (χ3v) is 6.09. The van der Waals surface area contributed by atoms with E-state index in [-0.39, 0.29) is 11.8 Å². The quantitative estimate of drug-likeness (QED) is 0.850. The molecule has 0 amide bonds. The second-order valence-corrected chi connectivity index (χ2v) is 8.14. The van der Waals surface area contributed by atoms with Crippen molar-refractivity contribution in [1.82, 2.24) is 4.90 Å². The first kappa shape index (κ1) is 15.7. The Kier molecular flexibility index (Phi) is 4.34. The average Bonchev–Trinajstić information content (AvgIpc) is 2.90. The normalized spacial score (nSPS) is 36.4. The Bertz CT molecular complexity index is 356. The molecule has 0 aromatic heterocycles. The maximum Gasteiger partial charge on any atom is 0.170 e. The van der Waals surface area contributed by atoms with Gasteiger partial charge >= 0.3 is 0 Å². The highest BCUT2D eigenvalue weighted by molar-refractivity contribution is 4.97. The number of ether oxygens (including phenoxy) is 2. The second-order valence-electron chi connectivity index (χ2n) is 8.14. The van der Waals surface area contributed by atoms with E-state index >= 15 is 0 Å². The second kappa shape index (κ2) is 5.80. The van der Waals surface area contributed by atoms with Gasteiger partial charge in [-0.05, 0) is 44.6 Å². The molecule has 4 heteroatoms. The molecule has 0 aromatic carbocycles. The fourth-order valence-corrected chi connectivity index (χ4v) is 4.42. The highest BCUT2D eigenvalue weighted by Crippen LogP contribution is 2.41. The molecule has 3 aliphatic rings. The molecular formula is C17H32N2O2. The number of rotatable bonds is 2. The highest BCUT2D eigenvalue weighted by Gasteiger charge is 2.46. The van der Waals surface area contributed by atoms with Gasteiger partial charge in [0, 0.05) is 31.0 Å². The van der Waals surface area contributed by atoms with E-state index in [4.69, 9.17) is 15.2 Å². The number of nitrogens with zero attached hydrogens (tertiary/aromatic N) is 1. The maximum atomic E-state index is 6.44. The first-order chi connectivity index (χ1) is 9.91. The number of hydrogen-bond acceptors (Lipinski definition) is 4. The van der Waals surface area contributed by atoms with Crippen LogP contribution in [0.4, 0.5) is 0 Å². The summed E-state index contributed by atoms with van der Waals surface area (Å²) in [5, 5.41) is 0. The Morgan fingerprint density at radius 3 is 2.24 bits per heavy atom. The van der Waals surface area contributed by atoms with E-state index in [1.807, 2.05) is 0 Å². The van der Waals surface area contributed by atoms with Gasteiger partial charge in [0.2, 0.25) is 0 Å². The van der Waals surface area contributed by atoms with Crippen LogP contribution in [0.5, 0.6) is 0 Å². The lowest BCUT2D eigenvalue weighted by molar-refractivity contribution is -0.193. The monoisotopic (exact) mass is 296 g/mol. The summed E-state index contributed by atoms with van der Waals surface area (Å²) in [5.41, 5.74) is 6.96. The van der Waals surface area contributed by atoms with Gasteiger partial charge in [-0.1, -0.05) is 13.8 Å². The largest absolute Gasteiger partial charge is 0.347 e. The van der Waals surface area contributed by atoms with Crippen LogP contribution in [0.2, 0.25) is 0 Å². The van der Waals surface area contributed by atoms with Crippen molar-refractivity contribution in [1.29, 1.82) is 0 Å². The van der Waals surface area contributed by atoms with Gasteiger partial charge < -0.3 is 15.2 Å². The SMILES string of the molecule is CN(C1CCC(C)(C)CC1)C1CC2(CCC1N)OCCO2. The van der Waals surface area contributed by atoms with Crippen molar-refractivity contribution in [3.63, 3.8) is 0 Å². The van der Waals surface area contributed by atoms with Crippen LogP contribution in [-0.4, -0.2) is 49.1 Å². The zero-order valence-corrected chi connectivity index (χ0v) is 13.9. The van der Waals surface area contributed by atoms with Gasteiger partial charge in [0.15, 0.2) is 5.79 Å². The van der Waals surface area contributed by atoms with Crippen molar-refractivity contribution < 1.29 is 9.47 Å². The molecule has 1 heterocycles. The molecule has 2 atom stereocenters. The first-order valence-corrected chi connectivity index (χ1v) is 8.66. The molecule has 3 rings (SSSR count). The third kappa shape index (κ3) is 3.29. The molecule has 1 aliphatic heterocycles. The summed E-state index contributed by atoms with van der Waals surface area (Å²) in [4.78, 5) is 2.55. The van der Waals surface area contributed by atoms with Crippen LogP contribution in [0.15, 0.2) is 0 Å². The lowest BCUT2D eigenvalue weighted by atomic mass is 9.74. The van der Waals surface area contributed by atoms with E-state index in [2.05, 4.69) is 25.8 Å². The summed E-state index contributed by atoms with van der Waals surface area (Å²) >= 11 is 0. The van der Waals surface area contributed by atoms with Gasteiger partial charge in [-0.3, -0.25) is 4.90 Å². The van der Waals surface area contributed by atoms with Gasteiger partial charge in [0.1, 0.15) is 0 Å². The van der Waals surface area contributed by atoms with E-state index in [1.54, 1.807) is 0 Å². The molecule has 3 fully saturated rings. The van der Waals surface area contributed by atoms with Crippen molar-refractivity contribution in [2.75, 3.05) is 20.3 Å². The number of likely N-dealkylation sites (N-methyl/N-ethyl adjacent to an activating group) is 1. The minimum Gasteiger partial charge on any atom is -0.347 e. The average molecular weight is 296 g/mol. The summed E-state index contributed by atoms with van der Waals surface area (Å²) in [6.07, 6.45) is 8.13. The van der Waals surface area contributed by atoms with E-state index in [0.29, 0.717) is 17.5 Å². The van der Waals surface area contributed by atoms with E-state index in [9.17, 15) is 0 Å². The third-order valence-electron chi connectivity index (χ3n) is 6.09. The molecule has 1 saturated heterocycles. The van der Waals surface area contributed by atoms with E-state index in [1.165, 1.54) is 25.7 Å². The predicted molar refractivity (Wildman–Crippen MR) is 84.0 cm³/mol. The molecule has 0 bridgehead atoms. The molecule has 0 aromatic rings. The Labute approximate surface area is 129 Å². The Hall–Kier alpha value is -0.160. The van der Waals surface area contributed by atoms with Gasteiger partial charge in [-0.2, -0.15) is 0 Å². The van der Waals surface area contributed by atoms with Crippen LogP contribution in [-0.2, 0) is 9.47 Å². The fourth-order valence-electron chi connectivity index (χ4n) is 4.42. The first-order valence-electron chi connectivity index (χ1n) is 8.66. The summed E-state index contributed by atoms with van der Waals surface area (Å²) in [6, 6.07) is 1.32. The number of nitrogens with two attached hydrogens (primary N) is 1. The molecule has 2 saturated carbocycles.